The molecule has 0 aliphatic carbocycles. The van der Waals surface area contributed by atoms with E-state index in [1.807, 2.05) is 30.3 Å². The first kappa shape index (κ1) is 10.8. The standard InChI is InChI=1S/C14H10ClNS/c1-9-8-12(13-6-7-14(15)17-13)16-11-5-3-2-4-10(9)11/h2-8H,1H3. The van der Waals surface area contributed by atoms with Crippen molar-refractivity contribution in [2.45, 2.75) is 6.92 Å². The number of benzene rings is 1. The lowest BCUT2D eigenvalue weighted by Crippen LogP contribution is -1.86. The van der Waals surface area contributed by atoms with E-state index in [-0.39, 0.29) is 0 Å². The second-order valence-corrected chi connectivity index (χ2v) is 5.66. The van der Waals surface area contributed by atoms with E-state index in [0.717, 1.165) is 20.4 Å². The summed E-state index contributed by atoms with van der Waals surface area (Å²) in [7, 11) is 0. The summed E-state index contributed by atoms with van der Waals surface area (Å²) in [5.41, 5.74) is 3.28. The first-order valence-electron chi connectivity index (χ1n) is 5.36. The fraction of sp³-hybridized carbons (Fsp3) is 0.0714. The number of thiophene rings is 1. The topological polar surface area (TPSA) is 12.9 Å². The molecule has 1 aromatic carbocycles. The van der Waals surface area contributed by atoms with Crippen LogP contribution >= 0.6 is 22.9 Å². The Morgan fingerprint density at radius 2 is 1.94 bits per heavy atom. The smallest absolute Gasteiger partial charge is 0.0935 e. The maximum absolute atomic E-state index is 5.96. The van der Waals surface area contributed by atoms with Gasteiger partial charge in [-0.2, -0.15) is 0 Å². The molecule has 2 heterocycles. The minimum Gasteiger partial charge on any atom is -0.247 e. The molecule has 3 aromatic rings. The fourth-order valence-electron chi connectivity index (χ4n) is 1.93. The Bertz CT molecular complexity index is 688. The van der Waals surface area contributed by atoms with E-state index in [2.05, 4.69) is 24.0 Å². The van der Waals surface area contributed by atoms with Gasteiger partial charge >= 0.3 is 0 Å². The van der Waals surface area contributed by atoms with Crippen molar-refractivity contribution in [3.63, 3.8) is 0 Å². The van der Waals surface area contributed by atoms with Gasteiger partial charge in [-0.25, -0.2) is 4.98 Å². The van der Waals surface area contributed by atoms with Gasteiger partial charge in [0, 0.05) is 5.39 Å². The number of pyridine rings is 1. The molecule has 0 spiro atoms. The lowest BCUT2D eigenvalue weighted by Gasteiger charge is -2.04. The molecule has 3 rings (SSSR count). The molecule has 0 amide bonds. The van der Waals surface area contributed by atoms with E-state index >= 15 is 0 Å². The maximum atomic E-state index is 5.96. The zero-order valence-corrected chi connectivity index (χ0v) is 10.8. The largest absolute Gasteiger partial charge is 0.247 e. The van der Waals surface area contributed by atoms with Gasteiger partial charge in [0.05, 0.1) is 20.4 Å². The molecule has 2 aromatic heterocycles. The number of fused-ring (bicyclic) bond motifs is 1. The van der Waals surface area contributed by atoms with Crippen LogP contribution in [0, 0.1) is 6.92 Å². The first-order chi connectivity index (χ1) is 8.24. The summed E-state index contributed by atoms with van der Waals surface area (Å²) in [6, 6.07) is 14.2. The summed E-state index contributed by atoms with van der Waals surface area (Å²) in [5.74, 6) is 0. The summed E-state index contributed by atoms with van der Waals surface area (Å²) < 4.78 is 0.799. The lowest BCUT2D eigenvalue weighted by atomic mass is 10.1. The summed E-state index contributed by atoms with van der Waals surface area (Å²) >= 11 is 7.52. The van der Waals surface area contributed by atoms with Crippen LogP contribution in [-0.4, -0.2) is 4.98 Å². The number of aromatic nitrogens is 1. The molecule has 0 fully saturated rings. The Hall–Kier alpha value is -1.38. The average molecular weight is 260 g/mol. The summed E-state index contributed by atoms with van der Waals surface area (Å²) in [5, 5.41) is 1.21. The van der Waals surface area contributed by atoms with Gasteiger partial charge < -0.3 is 0 Å². The van der Waals surface area contributed by atoms with Crippen LogP contribution < -0.4 is 0 Å². The second kappa shape index (κ2) is 4.13. The maximum Gasteiger partial charge on any atom is 0.0935 e. The van der Waals surface area contributed by atoms with Crippen molar-refractivity contribution in [1.82, 2.24) is 4.98 Å². The molecule has 0 radical (unpaired) electrons. The zero-order valence-electron chi connectivity index (χ0n) is 9.27. The fourth-order valence-corrected chi connectivity index (χ4v) is 2.93. The van der Waals surface area contributed by atoms with Gasteiger partial charge in [-0.15, -0.1) is 11.3 Å². The predicted molar refractivity (Wildman–Crippen MR) is 74.8 cm³/mol. The van der Waals surface area contributed by atoms with Crippen LogP contribution in [0.4, 0.5) is 0 Å². The molecule has 0 aliphatic rings. The van der Waals surface area contributed by atoms with Crippen molar-refractivity contribution in [3.05, 3.63) is 52.4 Å². The SMILES string of the molecule is Cc1cc(-c2ccc(Cl)s2)nc2ccccc12. The number of rotatable bonds is 1. The summed E-state index contributed by atoms with van der Waals surface area (Å²) in [4.78, 5) is 5.79. The van der Waals surface area contributed by atoms with Gasteiger partial charge in [0.2, 0.25) is 0 Å². The van der Waals surface area contributed by atoms with E-state index < -0.39 is 0 Å². The van der Waals surface area contributed by atoms with E-state index in [1.54, 1.807) is 11.3 Å². The quantitative estimate of drug-likeness (QED) is 0.604. The highest BCUT2D eigenvalue weighted by Crippen LogP contribution is 2.31. The van der Waals surface area contributed by atoms with Crippen molar-refractivity contribution < 1.29 is 0 Å². The van der Waals surface area contributed by atoms with Crippen LogP contribution in [0.3, 0.4) is 0 Å². The molecular weight excluding hydrogens is 250 g/mol. The van der Waals surface area contributed by atoms with Gasteiger partial charge in [0.25, 0.3) is 0 Å². The number of hydrogen-bond donors (Lipinski definition) is 0. The Morgan fingerprint density at radius 1 is 1.12 bits per heavy atom. The van der Waals surface area contributed by atoms with Crippen molar-refractivity contribution in [2.75, 3.05) is 0 Å². The zero-order chi connectivity index (χ0) is 11.8. The summed E-state index contributed by atoms with van der Waals surface area (Å²) in [6.45, 7) is 2.11. The number of nitrogens with zero attached hydrogens (tertiary/aromatic N) is 1. The molecule has 0 aliphatic heterocycles. The molecule has 0 atom stereocenters. The van der Waals surface area contributed by atoms with Crippen molar-refractivity contribution in [1.29, 1.82) is 0 Å². The van der Waals surface area contributed by atoms with E-state index in [9.17, 15) is 0 Å². The average Bonchev–Trinajstić information content (AvgIpc) is 2.76. The minimum atomic E-state index is 0.799. The minimum absolute atomic E-state index is 0.799. The van der Waals surface area contributed by atoms with Gasteiger partial charge in [-0.3, -0.25) is 0 Å². The normalized spacial score (nSPS) is 10.9. The van der Waals surface area contributed by atoms with Crippen LogP contribution in [-0.2, 0) is 0 Å². The van der Waals surface area contributed by atoms with Crippen LogP contribution in [0.2, 0.25) is 4.34 Å². The van der Waals surface area contributed by atoms with Gasteiger partial charge in [-0.1, -0.05) is 29.8 Å². The highest BCUT2D eigenvalue weighted by Gasteiger charge is 2.06. The molecule has 0 N–H and O–H groups in total. The Kier molecular flexibility index (Phi) is 2.61. The molecule has 3 heteroatoms. The molecular formula is C14H10ClNS. The molecule has 1 nitrogen and oxygen atoms in total. The molecule has 17 heavy (non-hydrogen) atoms. The van der Waals surface area contributed by atoms with E-state index in [1.165, 1.54) is 10.9 Å². The van der Waals surface area contributed by atoms with Crippen molar-refractivity contribution >= 4 is 33.8 Å². The molecule has 0 saturated heterocycles. The van der Waals surface area contributed by atoms with Gasteiger partial charge in [-0.05, 0) is 36.8 Å². The third-order valence-electron chi connectivity index (χ3n) is 2.75. The third-order valence-corrected chi connectivity index (χ3v) is 4.00. The van der Waals surface area contributed by atoms with E-state index in [0.29, 0.717) is 0 Å². The lowest BCUT2D eigenvalue weighted by molar-refractivity contribution is 1.38. The van der Waals surface area contributed by atoms with Crippen LogP contribution in [0.25, 0.3) is 21.5 Å². The van der Waals surface area contributed by atoms with Crippen molar-refractivity contribution in [2.24, 2.45) is 0 Å². The van der Waals surface area contributed by atoms with Crippen LogP contribution in [0.5, 0.6) is 0 Å². The molecule has 0 bridgehead atoms. The Labute approximate surface area is 109 Å². The van der Waals surface area contributed by atoms with Gasteiger partial charge in [0.15, 0.2) is 0 Å². The van der Waals surface area contributed by atoms with Crippen LogP contribution in [0.15, 0.2) is 42.5 Å². The number of halogens is 1. The Balaban J connectivity index is 2.25. The van der Waals surface area contributed by atoms with E-state index in [4.69, 9.17) is 11.6 Å². The highest BCUT2D eigenvalue weighted by molar-refractivity contribution is 7.19. The monoisotopic (exact) mass is 259 g/mol. The highest BCUT2D eigenvalue weighted by atomic mass is 35.5. The second-order valence-electron chi connectivity index (χ2n) is 3.95. The summed E-state index contributed by atoms with van der Waals surface area (Å²) in [6.07, 6.45) is 0. The molecule has 84 valence electrons. The predicted octanol–water partition coefficient (Wildman–Crippen LogP) is 4.93. The first-order valence-corrected chi connectivity index (χ1v) is 6.55. The Morgan fingerprint density at radius 3 is 2.71 bits per heavy atom. The van der Waals surface area contributed by atoms with Crippen LogP contribution in [0.1, 0.15) is 5.56 Å². The van der Waals surface area contributed by atoms with Gasteiger partial charge in [0.1, 0.15) is 0 Å². The number of para-hydroxylation sites is 1. The number of hydrogen-bond acceptors (Lipinski definition) is 2. The molecule has 0 saturated carbocycles. The third kappa shape index (κ3) is 1.94. The number of aryl methyl sites for hydroxylation is 1. The van der Waals surface area contributed by atoms with Crippen molar-refractivity contribution in [3.8, 4) is 10.6 Å². The molecule has 0 unspecified atom stereocenters.